The van der Waals surface area contributed by atoms with Gasteiger partial charge in [-0.3, -0.25) is 4.79 Å². The topological polar surface area (TPSA) is 66.9 Å². The van der Waals surface area contributed by atoms with Crippen molar-refractivity contribution < 1.29 is 31.1 Å². The number of alkyl halides is 3. The van der Waals surface area contributed by atoms with Gasteiger partial charge in [-0.1, -0.05) is 19.1 Å². The lowest BCUT2D eigenvalue weighted by molar-refractivity contribution is -0.274. The van der Waals surface area contributed by atoms with Crippen molar-refractivity contribution in [3.05, 3.63) is 59.7 Å². The molecule has 2 aromatic carbocycles. The molecule has 0 unspecified atom stereocenters. The van der Waals surface area contributed by atoms with Crippen LogP contribution < -0.4 is 4.74 Å². The summed E-state index contributed by atoms with van der Waals surface area (Å²) in [7, 11) is -3.89. The minimum atomic E-state index is -4.85. The molecule has 0 aromatic heterocycles. The van der Waals surface area contributed by atoms with Crippen LogP contribution in [0, 0.1) is 0 Å². The molecule has 1 fully saturated rings. The maximum atomic E-state index is 12.8. The van der Waals surface area contributed by atoms with Crippen LogP contribution in [0.5, 0.6) is 5.75 Å². The first-order valence-corrected chi connectivity index (χ1v) is 10.8. The average molecular weight is 442 g/mol. The molecular formula is C20H21F3N2O4S. The molecule has 0 saturated carbocycles. The third-order valence-electron chi connectivity index (χ3n) is 4.83. The molecule has 1 heterocycles. The number of carbonyl (C=O) groups excluding carboxylic acids is 1. The van der Waals surface area contributed by atoms with E-state index in [1.165, 1.54) is 4.31 Å². The normalized spacial score (nSPS) is 15.8. The Kier molecular flexibility index (Phi) is 6.37. The van der Waals surface area contributed by atoms with Crippen LogP contribution >= 0.6 is 0 Å². The summed E-state index contributed by atoms with van der Waals surface area (Å²) in [6.07, 6.45) is -3.98. The van der Waals surface area contributed by atoms with Gasteiger partial charge in [0.2, 0.25) is 10.0 Å². The lowest BCUT2D eigenvalue weighted by atomic mass is 10.1. The molecule has 0 spiro atoms. The highest BCUT2D eigenvalue weighted by Crippen LogP contribution is 2.25. The van der Waals surface area contributed by atoms with Gasteiger partial charge in [0.05, 0.1) is 4.90 Å². The van der Waals surface area contributed by atoms with Crippen molar-refractivity contribution in [2.45, 2.75) is 24.6 Å². The van der Waals surface area contributed by atoms with Gasteiger partial charge in [-0.2, -0.15) is 4.31 Å². The third-order valence-corrected chi connectivity index (χ3v) is 6.74. The number of amides is 1. The number of aryl methyl sites for hydroxylation is 1. The van der Waals surface area contributed by atoms with E-state index in [0.717, 1.165) is 36.2 Å². The van der Waals surface area contributed by atoms with Gasteiger partial charge in [0.25, 0.3) is 5.91 Å². The van der Waals surface area contributed by atoms with E-state index in [9.17, 15) is 26.4 Å². The predicted octanol–water partition coefficient (Wildman–Crippen LogP) is 3.29. The zero-order valence-corrected chi connectivity index (χ0v) is 17.0. The van der Waals surface area contributed by atoms with E-state index >= 15 is 0 Å². The summed E-state index contributed by atoms with van der Waals surface area (Å²) < 4.78 is 67.2. The van der Waals surface area contributed by atoms with Crippen molar-refractivity contribution in [1.29, 1.82) is 0 Å². The molecule has 10 heteroatoms. The summed E-state index contributed by atoms with van der Waals surface area (Å²) in [6.45, 7) is 2.67. The van der Waals surface area contributed by atoms with Gasteiger partial charge in [-0.05, 0) is 48.4 Å². The maximum absolute atomic E-state index is 12.8. The summed E-state index contributed by atoms with van der Waals surface area (Å²) in [6, 6.07) is 11.4. The summed E-state index contributed by atoms with van der Waals surface area (Å²) in [5.74, 6) is -0.658. The Morgan fingerprint density at radius 2 is 1.53 bits per heavy atom. The van der Waals surface area contributed by atoms with Crippen LogP contribution in [0.2, 0.25) is 0 Å². The van der Waals surface area contributed by atoms with Crippen LogP contribution in [-0.2, 0) is 16.4 Å². The number of carbonyl (C=O) groups is 1. The molecular weight excluding hydrogens is 421 g/mol. The smallest absolute Gasteiger partial charge is 0.406 e. The monoisotopic (exact) mass is 442 g/mol. The van der Waals surface area contributed by atoms with Gasteiger partial charge in [0.15, 0.2) is 0 Å². The first-order chi connectivity index (χ1) is 14.1. The minimum absolute atomic E-state index is 0.0991. The van der Waals surface area contributed by atoms with E-state index in [4.69, 9.17) is 0 Å². The lowest BCUT2D eigenvalue weighted by Crippen LogP contribution is -2.50. The van der Waals surface area contributed by atoms with Gasteiger partial charge in [-0.25, -0.2) is 8.42 Å². The molecule has 0 N–H and O–H groups in total. The van der Waals surface area contributed by atoms with Crippen LogP contribution in [0.15, 0.2) is 53.4 Å². The number of benzene rings is 2. The standard InChI is InChI=1S/C20H21F3N2O4S/c1-2-15-3-5-16(6-4-15)19(26)24-11-13-25(14-12-24)30(27,28)18-9-7-17(8-10-18)29-20(21,22)23/h3-10H,2,11-14H2,1H3. The fourth-order valence-corrected chi connectivity index (χ4v) is 4.58. The maximum Gasteiger partial charge on any atom is 0.573 e. The van der Waals surface area contributed by atoms with Crippen LogP contribution in [0.1, 0.15) is 22.8 Å². The number of halogens is 3. The Labute approximate surface area is 172 Å². The van der Waals surface area contributed by atoms with Crippen molar-refractivity contribution in [2.75, 3.05) is 26.2 Å². The molecule has 162 valence electrons. The second kappa shape index (κ2) is 8.65. The molecule has 30 heavy (non-hydrogen) atoms. The van der Waals surface area contributed by atoms with E-state index in [2.05, 4.69) is 4.74 Å². The van der Waals surface area contributed by atoms with Gasteiger partial charge >= 0.3 is 6.36 Å². The highest BCUT2D eigenvalue weighted by Gasteiger charge is 2.32. The molecule has 1 amide bonds. The van der Waals surface area contributed by atoms with E-state index in [-0.39, 0.29) is 37.0 Å². The average Bonchev–Trinajstić information content (AvgIpc) is 2.72. The number of hydrogen-bond acceptors (Lipinski definition) is 4. The van der Waals surface area contributed by atoms with Crippen LogP contribution in [0.25, 0.3) is 0 Å². The fourth-order valence-electron chi connectivity index (χ4n) is 3.16. The highest BCUT2D eigenvalue weighted by molar-refractivity contribution is 7.89. The molecule has 0 atom stereocenters. The third kappa shape index (κ3) is 5.11. The van der Waals surface area contributed by atoms with Gasteiger partial charge in [-0.15, -0.1) is 13.2 Å². The lowest BCUT2D eigenvalue weighted by Gasteiger charge is -2.34. The fraction of sp³-hybridized carbons (Fsp3) is 0.350. The largest absolute Gasteiger partial charge is 0.573 e. The molecule has 1 aliphatic heterocycles. The number of hydrogen-bond donors (Lipinski definition) is 0. The molecule has 2 aromatic rings. The van der Waals surface area contributed by atoms with Gasteiger partial charge in [0, 0.05) is 31.7 Å². The second-order valence-electron chi connectivity index (χ2n) is 6.77. The number of sulfonamides is 1. The van der Waals surface area contributed by atoms with Crippen LogP contribution in [0.3, 0.4) is 0 Å². The molecule has 3 rings (SSSR count). The van der Waals surface area contributed by atoms with E-state index < -0.39 is 22.1 Å². The molecule has 1 saturated heterocycles. The van der Waals surface area contributed by atoms with Crippen LogP contribution in [0.4, 0.5) is 13.2 Å². The van der Waals surface area contributed by atoms with Crippen molar-refractivity contribution >= 4 is 15.9 Å². The Bertz CT molecular complexity index is 982. The second-order valence-corrected chi connectivity index (χ2v) is 8.70. The summed E-state index contributed by atoms with van der Waals surface area (Å²) in [4.78, 5) is 14.1. The number of nitrogens with zero attached hydrogens (tertiary/aromatic N) is 2. The Hall–Kier alpha value is -2.59. The number of ether oxygens (including phenoxy) is 1. The Morgan fingerprint density at radius 3 is 2.03 bits per heavy atom. The summed E-state index contributed by atoms with van der Waals surface area (Å²) in [5, 5.41) is 0. The Morgan fingerprint density at radius 1 is 0.967 bits per heavy atom. The van der Waals surface area contributed by atoms with Crippen molar-refractivity contribution in [3.8, 4) is 5.75 Å². The van der Waals surface area contributed by atoms with Crippen molar-refractivity contribution in [3.63, 3.8) is 0 Å². The van der Waals surface area contributed by atoms with Gasteiger partial charge in [0.1, 0.15) is 5.75 Å². The van der Waals surface area contributed by atoms with Crippen LogP contribution in [-0.4, -0.2) is 56.1 Å². The molecule has 0 bridgehead atoms. The SMILES string of the molecule is CCc1ccc(C(=O)N2CCN(S(=O)(=O)c3ccc(OC(F)(F)F)cc3)CC2)cc1. The number of piperazine rings is 1. The quantitative estimate of drug-likeness (QED) is 0.713. The van der Waals surface area contributed by atoms with Crippen molar-refractivity contribution in [2.24, 2.45) is 0 Å². The summed E-state index contributed by atoms with van der Waals surface area (Å²) in [5.41, 5.74) is 1.66. The Balaban J connectivity index is 1.63. The minimum Gasteiger partial charge on any atom is -0.406 e. The van der Waals surface area contributed by atoms with Gasteiger partial charge < -0.3 is 9.64 Å². The van der Waals surface area contributed by atoms with Crippen molar-refractivity contribution in [1.82, 2.24) is 9.21 Å². The first-order valence-electron chi connectivity index (χ1n) is 9.34. The van der Waals surface area contributed by atoms with E-state index in [1.807, 2.05) is 19.1 Å². The first kappa shape index (κ1) is 22.1. The molecule has 0 radical (unpaired) electrons. The zero-order valence-electron chi connectivity index (χ0n) is 16.2. The predicted molar refractivity (Wildman–Crippen MR) is 104 cm³/mol. The highest BCUT2D eigenvalue weighted by atomic mass is 32.2. The van der Waals surface area contributed by atoms with E-state index in [1.54, 1.807) is 17.0 Å². The molecule has 0 aliphatic carbocycles. The number of rotatable bonds is 5. The summed E-state index contributed by atoms with van der Waals surface area (Å²) >= 11 is 0. The zero-order chi connectivity index (χ0) is 21.9. The molecule has 6 nitrogen and oxygen atoms in total. The van der Waals surface area contributed by atoms with E-state index in [0.29, 0.717) is 5.56 Å². The molecule has 1 aliphatic rings.